The predicted octanol–water partition coefficient (Wildman–Crippen LogP) is 3.08. The molecule has 0 amide bonds. The van der Waals surface area contributed by atoms with E-state index < -0.39 is 0 Å². The summed E-state index contributed by atoms with van der Waals surface area (Å²) in [5.74, 6) is 0.0203. The average molecular weight is 276 g/mol. The number of phenols is 1. The van der Waals surface area contributed by atoms with Gasteiger partial charge < -0.3 is 5.11 Å². The number of benzene rings is 2. The quantitative estimate of drug-likeness (QED) is 0.747. The molecule has 0 aliphatic heterocycles. The van der Waals surface area contributed by atoms with E-state index in [0.717, 1.165) is 5.56 Å². The van der Waals surface area contributed by atoms with E-state index in [-0.39, 0.29) is 11.5 Å². The third-order valence-electron chi connectivity index (χ3n) is 3.07. The first-order chi connectivity index (χ1) is 10.2. The normalized spacial score (nSPS) is 10.3. The van der Waals surface area contributed by atoms with Crippen molar-refractivity contribution >= 4 is 5.78 Å². The Morgan fingerprint density at radius 1 is 0.905 bits per heavy atom. The summed E-state index contributed by atoms with van der Waals surface area (Å²) in [6, 6.07) is 15.6. The van der Waals surface area contributed by atoms with Crippen molar-refractivity contribution in [3.8, 4) is 17.0 Å². The van der Waals surface area contributed by atoms with Crippen molar-refractivity contribution in [2.45, 2.75) is 0 Å². The lowest BCUT2D eigenvalue weighted by Crippen LogP contribution is -2.05. The number of phenolic OH excluding ortho intramolecular Hbond substituents is 1. The largest absolute Gasteiger partial charge is 0.508 e. The van der Waals surface area contributed by atoms with E-state index in [9.17, 15) is 9.90 Å². The maximum atomic E-state index is 12.3. The first kappa shape index (κ1) is 13.0. The Morgan fingerprint density at radius 2 is 1.62 bits per heavy atom. The summed E-state index contributed by atoms with van der Waals surface area (Å²) in [6.45, 7) is 0. The van der Waals surface area contributed by atoms with Crippen LogP contribution in [0.2, 0.25) is 0 Å². The molecule has 0 fully saturated rings. The van der Waals surface area contributed by atoms with Gasteiger partial charge in [0.05, 0.1) is 18.1 Å². The highest BCUT2D eigenvalue weighted by Crippen LogP contribution is 2.20. The highest BCUT2D eigenvalue weighted by Gasteiger charge is 2.11. The molecule has 0 unspecified atom stereocenters. The van der Waals surface area contributed by atoms with Crippen LogP contribution in [0.1, 0.15) is 16.1 Å². The zero-order valence-electron chi connectivity index (χ0n) is 11.1. The second-order valence-corrected chi connectivity index (χ2v) is 4.53. The van der Waals surface area contributed by atoms with Gasteiger partial charge in [0, 0.05) is 11.1 Å². The molecule has 102 valence electrons. The minimum Gasteiger partial charge on any atom is -0.508 e. The van der Waals surface area contributed by atoms with Crippen LogP contribution in [0.3, 0.4) is 0 Å². The molecule has 0 aliphatic rings. The molecule has 4 heteroatoms. The predicted molar refractivity (Wildman–Crippen MR) is 79.0 cm³/mol. The van der Waals surface area contributed by atoms with Gasteiger partial charge in [-0.05, 0) is 24.3 Å². The Labute approximate surface area is 121 Å². The third-order valence-corrected chi connectivity index (χ3v) is 3.07. The molecule has 0 saturated heterocycles. The number of ketones is 1. The van der Waals surface area contributed by atoms with E-state index in [1.165, 1.54) is 6.20 Å². The van der Waals surface area contributed by atoms with Crippen LogP contribution < -0.4 is 0 Å². The summed E-state index contributed by atoms with van der Waals surface area (Å²) in [6.07, 6.45) is 3.05. The lowest BCUT2D eigenvalue weighted by molar-refractivity contribution is 0.103. The minimum absolute atomic E-state index is 0.163. The second kappa shape index (κ2) is 5.54. The number of aromatic hydroxyl groups is 1. The maximum absolute atomic E-state index is 12.3. The van der Waals surface area contributed by atoms with Crippen LogP contribution in [-0.4, -0.2) is 20.9 Å². The molecule has 3 aromatic rings. The molecular weight excluding hydrogens is 264 g/mol. The van der Waals surface area contributed by atoms with E-state index >= 15 is 0 Å². The highest BCUT2D eigenvalue weighted by molar-refractivity contribution is 6.07. The van der Waals surface area contributed by atoms with Gasteiger partial charge >= 0.3 is 0 Å². The molecule has 0 bridgehead atoms. The lowest BCUT2D eigenvalue weighted by Gasteiger charge is -2.04. The van der Waals surface area contributed by atoms with E-state index in [2.05, 4.69) is 9.97 Å². The molecule has 21 heavy (non-hydrogen) atoms. The van der Waals surface area contributed by atoms with Crippen molar-refractivity contribution in [1.29, 1.82) is 0 Å². The van der Waals surface area contributed by atoms with Gasteiger partial charge in [-0.1, -0.05) is 30.3 Å². The fraction of sp³-hybridized carbons (Fsp3) is 0. The van der Waals surface area contributed by atoms with Crippen LogP contribution in [0.5, 0.6) is 5.75 Å². The molecular formula is C17H12N2O2. The summed E-state index contributed by atoms with van der Waals surface area (Å²) in [5.41, 5.74) is 2.27. The SMILES string of the molecule is O=C(c1ccccc1)c1cncc(-c2ccc(O)cc2)n1. The van der Waals surface area contributed by atoms with Gasteiger partial charge in [0.25, 0.3) is 0 Å². The summed E-state index contributed by atoms with van der Waals surface area (Å²) >= 11 is 0. The maximum Gasteiger partial charge on any atom is 0.212 e. The summed E-state index contributed by atoms with van der Waals surface area (Å²) in [5, 5.41) is 9.30. The van der Waals surface area contributed by atoms with Crippen molar-refractivity contribution < 1.29 is 9.90 Å². The van der Waals surface area contributed by atoms with Gasteiger partial charge in [-0.15, -0.1) is 0 Å². The van der Waals surface area contributed by atoms with Crippen LogP contribution in [0.15, 0.2) is 67.0 Å². The van der Waals surface area contributed by atoms with E-state index in [4.69, 9.17) is 0 Å². The minimum atomic E-state index is -0.163. The van der Waals surface area contributed by atoms with Crippen molar-refractivity contribution in [2.75, 3.05) is 0 Å². The standard InChI is InChI=1S/C17H12N2O2/c20-14-8-6-12(7-9-14)15-10-18-11-16(19-15)17(21)13-4-2-1-3-5-13/h1-11,20H. The van der Waals surface area contributed by atoms with Crippen LogP contribution in [0.25, 0.3) is 11.3 Å². The topological polar surface area (TPSA) is 63.1 Å². The highest BCUT2D eigenvalue weighted by atomic mass is 16.3. The molecule has 1 N–H and O–H groups in total. The van der Waals surface area contributed by atoms with Gasteiger partial charge in [0.2, 0.25) is 5.78 Å². The Morgan fingerprint density at radius 3 is 2.33 bits per heavy atom. The smallest absolute Gasteiger partial charge is 0.212 e. The lowest BCUT2D eigenvalue weighted by atomic mass is 10.1. The zero-order chi connectivity index (χ0) is 14.7. The van der Waals surface area contributed by atoms with Crippen LogP contribution >= 0.6 is 0 Å². The van der Waals surface area contributed by atoms with Gasteiger partial charge in [-0.3, -0.25) is 9.78 Å². The molecule has 1 heterocycles. The number of carbonyl (C=O) groups excluding carboxylic acids is 1. The van der Waals surface area contributed by atoms with E-state index in [0.29, 0.717) is 17.0 Å². The molecule has 0 atom stereocenters. The van der Waals surface area contributed by atoms with Gasteiger partial charge in [0.1, 0.15) is 11.4 Å². The molecule has 0 radical (unpaired) electrons. The fourth-order valence-corrected chi connectivity index (χ4v) is 1.98. The molecule has 2 aromatic carbocycles. The van der Waals surface area contributed by atoms with Crippen LogP contribution in [0, 0.1) is 0 Å². The first-order valence-electron chi connectivity index (χ1n) is 6.45. The number of rotatable bonds is 3. The summed E-state index contributed by atoms with van der Waals surface area (Å²) in [4.78, 5) is 20.8. The first-order valence-corrected chi connectivity index (χ1v) is 6.45. The molecule has 4 nitrogen and oxygen atoms in total. The average Bonchev–Trinajstić information content (AvgIpc) is 2.56. The fourth-order valence-electron chi connectivity index (χ4n) is 1.98. The van der Waals surface area contributed by atoms with Crippen molar-refractivity contribution in [3.05, 3.63) is 78.2 Å². The number of carbonyl (C=O) groups is 1. The monoisotopic (exact) mass is 276 g/mol. The Bertz CT molecular complexity index is 768. The number of aromatic nitrogens is 2. The van der Waals surface area contributed by atoms with E-state index in [1.54, 1.807) is 42.6 Å². The Hall–Kier alpha value is -3.01. The molecule has 0 saturated carbocycles. The molecule has 3 rings (SSSR count). The zero-order valence-corrected chi connectivity index (χ0v) is 11.1. The molecule has 1 aromatic heterocycles. The van der Waals surface area contributed by atoms with Crippen molar-refractivity contribution in [3.63, 3.8) is 0 Å². The molecule has 0 aliphatic carbocycles. The van der Waals surface area contributed by atoms with Gasteiger partial charge in [-0.2, -0.15) is 0 Å². The van der Waals surface area contributed by atoms with Crippen molar-refractivity contribution in [2.24, 2.45) is 0 Å². The summed E-state index contributed by atoms with van der Waals surface area (Å²) < 4.78 is 0. The third kappa shape index (κ3) is 2.79. The molecule has 0 spiro atoms. The van der Waals surface area contributed by atoms with Gasteiger partial charge in [0.15, 0.2) is 0 Å². The second-order valence-electron chi connectivity index (χ2n) is 4.53. The summed E-state index contributed by atoms with van der Waals surface area (Å²) in [7, 11) is 0. The number of hydrogen-bond donors (Lipinski definition) is 1. The Kier molecular flexibility index (Phi) is 3.43. The Balaban J connectivity index is 1.97. The number of nitrogens with zero attached hydrogens (tertiary/aromatic N) is 2. The number of hydrogen-bond acceptors (Lipinski definition) is 4. The van der Waals surface area contributed by atoms with Gasteiger partial charge in [-0.25, -0.2) is 4.98 Å². The van der Waals surface area contributed by atoms with Crippen LogP contribution in [-0.2, 0) is 0 Å². The van der Waals surface area contributed by atoms with Crippen molar-refractivity contribution in [1.82, 2.24) is 9.97 Å². The van der Waals surface area contributed by atoms with Crippen LogP contribution in [0.4, 0.5) is 0 Å². The van der Waals surface area contributed by atoms with E-state index in [1.807, 2.05) is 18.2 Å².